The number of halogens is 1. The minimum Gasteiger partial charge on any atom is -0.394 e. The number of anilines is 1. The number of nitrogens with one attached hydrogen (secondary N) is 1. The maximum atomic E-state index is 11.8. The van der Waals surface area contributed by atoms with Crippen LogP contribution in [0.5, 0.6) is 0 Å². The second-order valence-electron chi connectivity index (χ2n) is 4.36. The number of unbranched alkanes of at least 4 members (excludes halogenated alkanes) is 1. The zero-order chi connectivity index (χ0) is 15.5. The minimum absolute atomic E-state index is 0.0924. The van der Waals surface area contributed by atoms with Crippen LogP contribution in [0.15, 0.2) is 11.0 Å². The summed E-state index contributed by atoms with van der Waals surface area (Å²) in [5.41, 5.74) is 0.106. The standard InChI is InChI=1S/C13H22ClN3O4/c1-20-8-9-21-7-3-2-4-15-11-10-16-17(5-6-18)13(19)12(11)14/h10,15,18H,2-9H2,1H3. The zero-order valence-corrected chi connectivity index (χ0v) is 12.9. The summed E-state index contributed by atoms with van der Waals surface area (Å²) in [6, 6.07) is 0. The summed E-state index contributed by atoms with van der Waals surface area (Å²) < 4.78 is 11.4. The van der Waals surface area contributed by atoms with E-state index in [1.165, 1.54) is 6.20 Å². The molecule has 0 fully saturated rings. The number of nitrogens with zero attached hydrogens (tertiary/aromatic N) is 2. The fraction of sp³-hybridized carbons (Fsp3) is 0.692. The third-order valence-electron chi connectivity index (χ3n) is 2.76. The molecule has 0 saturated carbocycles. The molecule has 0 saturated heterocycles. The van der Waals surface area contributed by atoms with Crippen LogP contribution in [0.3, 0.4) is 0 Å². The summed E-state index contributed by atoms with van der Waals surface area (Å²) in [6.07, 6.45) is 3.29. The summed E-state index contributed by atoms with van der Waals surface area (Å²) in [7, 11) is 1.64. The molecule has 2 N–H and O–H groups in total. The van der Waals surface area contributed by atoms with Crippen LogP contribution >= 0.6 is 11.6 Å². The van der Waals surface area contributed by atoms with Gasteiger partial charge in [0.05, 0.1) is 38.2 Å². The van der Waals surface area contributed by atoms with Crippen LogP contribution < -0.4 is 10.9 Å². The van der Waals surface area contributed by atoms with Gasteiger partial charge in [-0.05, 0) is 12.8 Å². The molecule has 0 amide bonds. The molecular weight excluding hydrogens is 298 g/mol. The summed E-state index contributed by atoms with van der Waals surface area (Å²) in [4.78, 5) is 11.8. The average molecular weight is 320 g/mol. The molecule has 0 spiro atoms. The molecule has 8 heteroatoms. The molecule has 7 nitrogen and oxygen atoms in total. The molecule has 1 rings (SSSR count). The van der Waals surface area contributed by atoms with E-state index in [0.717, 1.165) is 17.5 Å². The monoisotopic (exact) mass is 319 g/mol. The molecule has 1 heterocycles. The maximum Gasteiger partial charge on any atom is 0.287 e. The zero-order valence-electron chi connectivity index (χ0n) is 12.2. The Morgan fingerprint density at radius 3 is 2.90 bits per heavy atom. The highest BCUT2D eigenvalue weighted by Gasteiger charge is 2.08. The van der Waals surface area contributed by atoms with Crippen molar-refractivity contribution in [3.8, 4) is 0 Å². The van der Waals surface area contributed by atoms with Gasteiger partial charge in [0.1, 0.15) is 5.02 Å². The normalized spacial score (nSPS) is 10.8. The average Bonchev–Trinajstić information content (AvgIpc) is 2.49. The van der Waals surface area contributed by atoms with Crippen molar-refractivity contribution in [1.82, 2.24) is 9.78 Å². The highest BCUT2D eigenvalue weighted by molar-refractivity contribution is 6.32. The van der Waals surface area contributed by atoms with Gasteiger partial charge in [0.25, 0.3) is 5.56 Å². The summed E-state index contributed by atoms with van der Waals surface area (Å²) in [6.45, 7) is 2.54. The van der Waals surface area contributed by atoms with Gasteiger partial charge < -0.3 is 19.9 Å². The fourth-order valence-electron chi connectivity index (χ4n) is 1.64. The van der Waals surface area contributed by atoms with Gasteiger partial charge in [-0.2, -0.15) is 5.10 Å². The molecule has 1 aromatic rings. The topological polar surface area (TPSA) is 85.6 Å². The molecule has 0 aromatic carbocycles. The number of methoxy groups -OCH3 is 1. The number of aliphatic hydroxyl groups excluding tert-OH is 1. The smallest absolute Gasteiger partial charge is 0.287 e. The Morgan fingerprint density at radius 2 is 2.19 bits per heavy atom. The second kappa shape index (κ2) is 10.6. The lowest BCUT2D eigenvalue weighted by atomic mass is 10.3. The van der Waals surface area contributed by atoms with Crippen molar-refractivity contribution in [3.63, 3.8) is 0 Å². The van der Waals surface area contributed by atoms with E-state index >= 15 is 0 Å². The largest absolute Gasteiger partial charge is 0.394 e. The van der Waals surface area contributed by atoms with E-state index in [2.05, 4.69) is 10.4 Å². The molecule has 0 unspecified atom stereocenters. The van der Waals surface area contributed by atoms with Crippen LogP contribution in [0.1, 0.15) is 12.8 Å². The van der Waals surface area contributed by atoms with Gasteiger partial charge in [-0.25, -0.2) is 4.68 Å². The molecule has 0 aliphatic rings. The highest BCUT2D eigenvalue weighted by Crippen LogP contribution is 2.15. The first-order valence-electron chi connectivity index (χ1n) is 6.87. The highest BCUT2D eigenvalue weighted by atomic mass is 35.5. The Labute approximate surface area is 128 Å². The molecule has 0 bridgehead atoms. The number of ether oxygens (including phenoxy) is 2. The third kappa shape index (κ3) is 6.43. The van der Waals surface area contributed by atoms with E-state index in [9.17, 15) is 4.79 Å². The molecule has 0 aliphatic carbocycles. The third-order valence-corrected chi connectivity index (χ3v) is 3.12. The fourth-order valence-corrected chi connectivity index (χ4v) is 1.85. The molecule has 0 atom stereocenters. The molecular formula is C13H22ClN3O4. The van der Waals surface area contributed by atoms with Gasteiger partial charge in [-0.15, -0.1) is 0 Å². The first kappa shape index (κ1) is 17.9. The van der Waals surface area contributed by atoms with Gasteiger partial charge in [-0.1, -0.05) is 11.6 Å². The Balaban J connectivity index is 2.29. The van der Waals surface area contributed by atoms with Crippen LogP contribution in [0.4, 0.5) is 5.69 Å². The van der Waals surface area contributed by atoms with Gasteiger partial charge in [0.2, 0.25) is 0 Å². The predicted molar refractivity (Wildman–Crippen MR) is 81.0 cm³/mol. The molecule has 0 radical (unpaired) electrons. The first-order chi connectivity index (χ1) is 10.2. The summed E-state index contributed by atoms with van der Waals surface area (Å²) in [5, 5.41) is 15.9. The number of hydrogen-bond donors (Lipinski definition) is 2. The Kier molecular flexibility index (Phi) is 9.00. The first-order valence-corrected chi connectivity index (χ1v) is 7.25. The van der Waals surface area contributed by atoms with Crippen molar-refractivity contribution in [2.45, 2.75) is 19.4 Å². The summed E-state index contributed by atoms with van der Waals surface area (Å²) >= 11 is 5.98. The van der Waals surface area contributed by atoms with Gasteiger partial charge in [-0.3, -0.25) is 4.79 Å². The van der Waals surface area contributed by atoms with Gasteiger partial charge in [0, 0.05) is 20.3 Å². The van der Waals surface area contributed by atoms with Crippen molar-refractivity contribution in [2.24, 2.45) is 0 Å². The molecule has 21 heavy (non-hydrogen) atoms. The number of rotatable bonds is 11. The molecule has 0 aliphatic heterocycles. The van der Waals surface area contributed by atoms with Crippen LogP contribution in [0, 0.1) is 0 Å². The van der Waals surface area contributed by atoms with Crippen molar-refractivity contribution >= 4 is 17.3 Å². The van der Waals surface area contributed by atoms with Crippen LogP contribution in [-0.4, -0.2) is 55.0 Å². The minimum atomic E-state index is -0.404. The maximum absolute atomic E-state index is 11.8. The van der Waals surface area contributed by atoms with Gasteiger partial charge >= 0.3 is 0 Å². The Morgan fingerprint density at radius 1 is 1.38 bits per heavy atom. The number of hydrogen-bond acceptors (Lipinski definition) is 6. The van der Waals surface area contributed by atoms with Crippen LogP contribution in [0.25, 0.3) is 0 Å². The second-order valence-corrected chi connectivity index (χ2v) is 4.74. The van der Waals surface area contributed by atoms with E-state index in [-0.39, 0.29) is 18.2 Å². The van der Waals surface area contributed by atoms with Crippen molar-refractivity contribution in [2.75, 3.05) is 45.4 Å². The summed E-state index contributed by atoms with van der Waals surface area (Å²) in [5.74, 6) is 0. The lowest BCUT2D eigenvalue weighted by Crippen LogP contribution is -2.25. The van der Waals surface area contributed by atoms with E-state index < -0.39 is 5.56 Å². The Hall–Kier alpha value is -1.15. The predicted octanol–water partition coefficient (Wildman–Crippen LogP) is 0.744. The van der Waals surface area contributed by atoms with Crippen molar-refractivity contribution in [1.29, 1.82) is 0 Å². The van der Waals surface area contributed by atoms with E-state index in [4.69, 9.17) is 26.2 Å². The van der Waals surface area contributed by atoms with E-state index in [0.29, 0.717) is 32.1 Å². The SMILES string of the molecule is COCCOCCCCNc1cnn(CCO)c(=O)c1Cl. The van der Waals surface area contributed by atoms with E-state index in [1.54, 1.807) is 7.11 Å². The quantitative estimate of drug-likeness (QED) is 0.585. The number of aliphatic hydroxyl groups is 1. The van der Waals surface area contributed by atoms with Crippen LogP contribution in [0.2, 0.25) is 5.02 Å². The van der Waals surface area contributed by atoms with Crippen molar-refractivity contribution in [3.05, 3.63) is 21.6 Å². The van der Waals surface area contributed by atoms with E-state index in [1.807, 2.05) is 0 Å². The number of aromatic nitrogens is 2. The van der Waals surface area contributed by atoms with Gasteiger partial charge in [0.15, 0.2) is 0 Å². The van der Waals surface area contributed by atoms with Crippen LogP contribution in [-0.2, 0) is 16.0 Å². The Bertz CT molecular complexity index is 467. The lowest BCUT2D eigenvalue weighted by molar-refractivity contribution is 0.0691. The molecule has 120 valence electrons. The molecule has 1 aromatic heterocycles. The van der Waals surface area contributed by atoms with Crippen molar-refractivity contribution < 1.29 is 14.6 Å². The lowest BCUT2D eigenvalue weighted by Gasteiger charge is -2.09.